The summed E-state index contributed by atoms with van der Waals surface area (Å²) in [6.45, 7) is 1.83. The van der Waals surface area contributed by atoms with E-state index < -0.39 is 0 Å². The molecule has 0 heterocycles. The predicted octanol–water partition coefficient (Wildman–Crippen LogP) is 1.76. The predicted molar refractivity (Wildman–Crippen MR) is 60.2 cm³/mol. The summed E-state index contributed by atoms with van der Waals surface area (Å²) < 4.78 is 0. The van der Waals surface area contributed by atoms with Crippen molar-refractivity contribution in [3.05, 3.63) is 0 Å². The molecule has 68 valence electrons. The standard InChI is InChI=1S/C7H16OS3/c1-7(8)6-11-5-4-10-3-2-9/h7-9H,2-6H2,1H3. The number of hydrogen-bond acceptors (Lipinski definition) is 4. The second-order valence-electron chi connectivity index (χ2n) is 2.26. The van der Waals surface area contributed by atoms with Crippen molar-refractivity contribution in [1.82, 2.24) is 0 Å². The van der Waals surface area contributed by atoms with Crippen LogP contribution in [0.4, 0.5) is 0 Å². The number of aliphatic hydroxyl groups is 1. The van der Waals surface area contributed by atoms with Crippen LogP contribution in [0, 0.1) is 0 Å². The fraction of sp³-hybridized carbons (Fsp3) is 1.00. The summed E-state index contributed by atoms with van der Waals surface area (Å²) in [5, 5.41) is 8.92. The van der Waals surface area contributed by atoms with Crippen LogP contribution in [-0.4, -0.2) is 40.0 Å². The van der Waals surface area contributed by atoms with E-state index in [-0.39, 0.29) is 6.10 Å². The molecule has 1 nitrogen and oxygen atoms in total. The Balaban J connectivity index is 2.80. The zero-order valence-electron chi connectivity index (χ0n) is 6.82. The lowest BCUT2D eigenvalue weighted by molar-refractivity contribution is 0.220. The monoisotopic (exact) mass is 212 g/mol. The molecule has 0 aromatic heterocycles. The van der Waals surface area contributed by atoms with Crippen molar-refractivity contribution < 1.29 is 5.11 Å². The Kier molecular flexibility index (Phi) is 9.94. The molecule has 0 amide bonds. The maximum absolute atomic E-state index is 8.92. The lowest BCUT2D eigenvalue weighted by Gasteiger charge is -2.02. The van der Waals surface area contributed by atoms with E-state index >= 15 is 0 Å². The number of thioether (sulfide) groups is 2. The van der Waals surface area contributed by atoms with Gasteiger partial charge in [0.1, 0.15) is 0 Å². The number of rotatable bonds is 7. The number of thiol groups is 1. The molecule has 0 saturated heterocycles. The van der Waals surface area contributed by atoms with Crippen LogP contribution in [-0.2, 0) is 0 Å². The van der Waals surface area contributed by atoms with Gasteiger partial charge in [-0.3, -0.25) is 0 Å². The van der Waals surface area contributed by atoms with Crippen LogP contribution in [0.3, 0.4) is 0 Å². The summed E-state index contributed by atoms with van der Waals surface area (Å²) in [4.78, 5) is 0. The van der Waals surface area contributed by atoms with E-state index in [9.17, 15) is 0 Å². The lowest BCUT2D eigenvalue weighted by atomic mass is 10.5. The Morgan fingerprint density at radius 3 is 2.45 bits per heavy atom. The van der Waals surface area contributed by atoms with Gasteiger partial charge in [0.25, 0.3) is 0 Å². The highest BCUT2D eigenvalue weighted by Crippen LogP contribution is 2.08. The normalized spacial score (nSPS) is 13.4. The fourth-order valence-corrected chi connectivity index (χ4v) is 2.71. The Morgan fingerprint density at radius 1 is 1.27 bits per heavy atom. The van der Waals surface area contributed by atoms with Gasteiger partial charge >= 0.3 is 0 Å². The zero-order chi connectivity index (χ0) is 8.53. The van der Waals surface area contributed by atoms with E-state index in [0.717, 1.165) is 23.0 Å². The molecule has 1 atom stereocenters. The van der Waals surface area contributed by atoms with E-state index in [0.29, 0.717) is 0 Å². The molecule has 0 saturated carbocycles. The van der Waals surface area contributed by atoms with Gasteiger partial charge in [0, 0.05) is 23.0 Å². The third-order valence-corrected chi connectivity index (χ3v) is 3.95. The van der Waals surface area contributed by atoms with Gasteiger partial charge in [-0.1, -0.05) is 0 Å². The van der Waals surface area contributed by atoms with Crippen molar-refractivity contribution in [3.8, 4) is 0 Å². The topological polar surface area (TPSA) is 20.2 Å². The summed E-state index contributed by atoms with van der Waals surface area (Å²) in [6.07, 6.45) is -0.158. The summed E-state index contributed by atoms with van der Waals surface area (Å²) in [5.74, 6) is 5.28. The van der Waals surface area contributed by atoms with Crippen molar-refractivity contribution >= 4 is 36.2 Å². The van der Waals surface area contributed by atoms with E-state index in [1.807, 2.05) is 30.4 Å². The molecule has 4 heteroatoms. The molecule has 0 fully saturated rings. The maximum atomic E-state index is 8.92. The third kappa shape index (κ3) is 11.0. The first-order valence-electron chi connectivity index (χ1n) is 3.71. The summed E-state index contributed by atoms with van der Waals surface area (Å²) in [7, 11) is 0. The Morgan fingerprint density at radius 2 is 1.91 bits per heavy atom. The SMILES string of the molecule is CC(O)CSCCSCCS. The highest BCUT2D eigenvalue weighted by Gasteiger charge is 1.94. The minimum absolute atomic E-state index is 0.158. The first-order chi connectivity index (χ1) is 5.27. The van der Waals surface area contributed by atoms with Crippen molar-refractivity contribution in [2.75, 3.05) is 28.8 Å². The molecule has 0 spiro atoms. The van der Waals surface area contributed by atoms with Gasteiger partial charge in [0.2, 0.25) is 0 Å². The molecule has 0 aliphatic carbocycles. The Bertz CT molecular complexity index is 78.1. The van der Waals surface area contributed by atoms with E-state index in [4.69, 9.17) is 5.11 Å². The molecule has 0 aromatic rings. The van der Waals surface area contributed by atoms with Gasteiger partial charge in [-0.2, -0.15) is 36.2 Å². The molecule has 0 bridgehead atoms. The molecular formula is C7H16OS3. The van der Waals surface area contributed by atoms with Crippen LogP contribution in [0.5, 0.6) is 0 Å². The van der Waals surface area contributed by atoms with Crippen molar-refractivity contribution in [2.24, 2.45) is 0 Å². The number of hydrogen-bond donors (Lipinski definition) is 2. The molecule has 1 N–H and O–H groups in total. The molecule has 0 aliphatic heterocycles. The van der Waals surface area contributed by atoms with Crippen molar-refractivity contribution in [2.45, 2.75) is 13.0 Å². The van der Waals surface area contributed by atoms with Gasteiger partial charge in [0.15, 0.2) is 0 Å². The quantitative estimate of drug-likeness (QED) is 0.496. The third-order valence-electron chi connectivity index (χ3n) is 0.967. The van der Waals surface area contributed by atoms with Crippen LogP contribution in [0.2, 0.25) is 0 Å². The molecule has 11 heavy (non-hydrogen) atoms. The second kappa shape index (κ2) is 9.10. The Labute approximate surface area is 83.1 Å². The fourth-order valence-electron chi connectivity index (χ4n) is 0.538. The average molecular weight is 212 g/mol. The van der Waals surface area contributed by atoms with Gasteiger partial charge in [-0.05, 0) is 12.7 Å². The molecule has 0 rings (SSSR count). The van der Waals surface area contributed by atoms with Crippen LogP contribution in [0.15, 0.2) is 0 Å². The van der Waals surface area contributed by atoms with Gasteiger partial charge < -0.3 is 5.11 Å². The first-order valence-corrected chi connectivity index (χ1v) is 6.66. The molecular weight excluding hydrogens is 196 g/mol. The van der Waals surface area contributed by atoms with Crippen LogP contribution in [0.1, 0.15) is 6.92 Å². The maximum Gasteiger partial charge on any atom is 0.0602 e. The second-order valence-corrected chi connectivity index (χ2v) is 5.08. The van der Waals surface area contributed by atoms with Crippen molar-refractivity contribution in [3.63, 3.8) is 0 Å². The average Bonchev–Trinajstić information content (AvgIpc) is 1.96. The van der Waals surface area contributed by atoms with Gasteiger partial charge in [0.05, 0.1) is 6.10 Å². The van der Waals surface area contributed by atoms with E-state index in [1.165, 1.54) is 5.75 Å². The molecule has 0 aliphatic rings. The summed E-state index contributed by atoms with van der Waals surface area (Å²) >= 11 is 7.85. The first kappa shape index (κ1) is 12.0. The van der Waals surface area contributed by atoms with Gasteiger partial charge in [-0.15, -0.1) is 0 Å². The zero-order valence-corrected chi connectivity index (χ0v) is 9.35. The highest BCUT2D eigenvalue weighted by molar-refractivity contribution is 8.03. The highest BCUT2D eigenvalue weighted by atomic mass is 32.2. The van der Waals surface area contributed by atoms with Crippen molar-refractivity contribution in [1.29, 1.82) is 0 Å². The minimum atomic E-state index is -0.158. The van der Waals surface area contributed by atoms with Crippen LogP contribution < -0.4 is 0 Å². The Hall–Kier alpha value is 1.01. The number of aliphatic hydroxyl groups excluding tert-OH is 1. The van der Waals surface area contributed by atoms with E-state index in [2.05, 4.69) is 12.6 Å². The van der Waals surface area contributed by atoms with Gasteiger partial charge in [-0.25, -0.2) is 0 Å². The van der Waals surface area contributed by atoms with Crippen LogP contribution in [0.25, 0.3) is 0 Å². The molecule has 0 radical (unpaired) electrons. The smallest absolute Gasteiger partial charge is 0.0602 e. The van der Waals surface area contributed by atoms with E-state index in [1.54, 1.807) is 0 Å². The largest absolute Gasteiger partial charge is 0.393 e. The summed E-state index contributed by atoms with van der Waals surface area (Å²) in [5.41, 5.74) is 0. The molecule has 0 aromatic carbocycles. The molecule has 1 unspecified atom stereocenters. The minimum Gasteiger partial charge on any atom is -0.393 e. The lowest BCUT2D eigenvalue weighted by Crippen LogP contribution is -2.03. The summed E-state index contributed by atoms with van der Waals surface area (Å²) in [6, 6.07) is 0. The van der Waals surface area contributed by atoms with Crippen LogP contribution >= 0.6 is 36.2 Å².